The van der Waals surface area contributed by atoms with E-state index in [4.69, 9.17) is 0 Å². The van der Waals surface area contributed by atoms with Crippen LogP contribution in [0.5, 0.6) is 0 Å². The van der Waals surface area contributed by atoms with Crippen LogP contribution in [0.15, 0.2) is 54.3 Å². The fourth-order valence-corrected chi connectivity index (χ4v) is 2.95. The molecule has 2 aromatic heterocycles. The van der Waals surface area contributed by atoms with Gasteiger partial charge in [0.05, 0.1) is 17.9 Å². The molecule has 0 bridgehead atoms. The first-order chi connectivity index (χ1) is 10.2. The summed E-state index contributed by atoms with van der Waals surface area (Å²) in [5, 5.41) is 11.1. The smallest absolute Gasteiger partial charge is 0.114 e. The molecule has 1 unspecified atom stereocenters. The van der Waals surface area contributed by atoms with Crippen LogP contribution < -0.4 is 5.32 Å². The van der Waals surface area contributed by atoms with Crippen molar-refractivity contribution in [3.63, 3.8) is 0 Å². The Bertz CT molecular complexity index is 673. The Morgan fingerprint density at radius 3 is 2.67 bits per heavy atom. The molecule has 3 aromatic rings. The molecule has 0 amide bonds. The Kier molecular flexibility index (Phi) is 4.13. The van der Waals surface area contributed by atoms with Crippen molar-refractivity contribution in [3.8, 4) is 5.69 Å². The van der Waals surface area contributed by atoms with Gasteiger partial charge in [-0.1, -0.05) is 18.2 Å². The highest BCUT2D eigenvalue weighted by atomic mass is 32.1. The number of thiazole rings is 1. The molecule has 0 aliphatic carbocycles. The first-order valence-corrected chi connectivity index (χ1v) is 7.87. The minimum absolute atomic E-state index is 0.0856. The van der Waals surface area contributed by atoms with Gasteiger partial charge in [0.1, 0.15) is 5.01 Å². The Morgan fingerprint density at radius 1 is 1.19 bits per heavy atom. The number of benzene rings is 1. The summed E-state index contributed by atoms with van der Waals surface area (Å²) in [4.78, 5) is 4.45. The summed E-state index contributed by atoms with van der Waals surface area (Å²) in [5.41, 5.74) is 2.19. The summed E-state index contributed by atoms with van der Waals surface area (Å²) < 4.78 is 1.90. The molecule has 4 nitrogen and oxygen atoms in total. The first-order valence-electron chi connectivity index (χ1n) is 6.99. The normalized spacial score (nSPS) is 12.7. The van der Waals surface area contributed by atoms with Gasteiger partial charge in [-0.25, -0.2) is 9.67 Å². The second kappa shape index (κ2) is 6.20. The Labute approximate surface area is 128 Å². The third kappa shape index (κ3) is 3.20. The van der Waals surface area contributed by atoms with Crippen LogP contribution in [0.1, 0.15) is 30.5 Å². The van der Waals surface area contributed by atoms with Crippen molar-refractivity contribution in [1.82, 2.24) is 20.1 Å². The molecule has 0 radical (unpaired) electrons. The van der Waals surface area contributed by atoms with E-state index in [0.29, 0.717) is 6.04 Å². The fraction of sp³-hybridized carbons (Fsp3) is 0.250. The molecule has 2 heterocycles. The predicted octanol–water partition coefficient (Wildman–Crippen LogP) is 3.42. The van der Waals surface area contributed by atoms with E-state index in [-0.39, 0.29) is 6.04 Å². The summed E-state index contributed by atoms with van der Waals surface area (Å²) in [5.74, 6) is 0. The van der Waals surface area contributed by atoms with Crippen LogP contribution >= 0.6 is 11.3 Å². The highest BCUT2D eigenvalue weighted by Crippen LogP contribution is 2.24. The summed E-state index contributed by atoms with van der Waals surface area (Å²) in [6, 6.07) is 10.6. The molecule has 0 fully saturated rings. The van der Waals surface area contributed by atoms with Crippen molar-refractivity contribution in [2.24, 2.45) is 0 Å². The van der Waals surface area contributed by atoms with Gasteiger partial charge in [-0.3, -0.25) is 0 Å². The van der Waals surface area contributed by atoms with Gasteiger partial charge < -0.3 is 5.32 Å². The SMILES string of the molecule is CC(C)NC(c1cnn(-c2ccccc2)c1)c1nccs1. The lowest BCUT2D eigenvalue weighted by molar-refractivity contribution is 0.527. The maximum absolute atomic E-state index is 4.48. The average Bonchev–Trinajstić information content (AvgIpc) is 3.17. The fourth-order valence-electron chi connectivity index (χ4n) is 2.23. The van der Waals surface area contributed by atoms with Gasteiger partial charge in [-0.2, -0.15) is 5.10 Å². The van der Waals surface area contributed by atoms with E-state index < -0.39 is 0 Å². The summed E-state index contributed by atoms with van der Waals surface area (Å²) in [6.07, 6.45) is 5.82. The molecule has 3 rings (SSSR count). The predicted molar refractivity (Wildman–Crippen MR) is 85.8 cm³/mol. The van der Waals surface area contributed by atoms with Crippen molar-refractivity contribution in [2.45, 2.75) is 25.9 Å². The lowest BCUT2D eigenvalue weighted by atomic mass is 10.1. The zero-order chi connectivity index (χ0) is 14.7. The average molecular weight is 298 g/mol. The molecule has 5 heteroatoms. The molecule has 0 saturated heterocycles. The van der Waals surface area contributed by atoms with Gasteiger partial charge in [-0.15, -0.1) is 11.3 Å². The molecule has 0 aliphatic rings. The summed E-state index contributed by atoms with van der Waals surface area (Å²) in [7, 11) is 0. The zero-order valence-corrected chi connectivity index (χ0v) is 12.9. The monoisotopic (exact) mass is 298 g/mol. The van der Waals surface area contributed by atoms with E-state index in [2.05, 4.69) is 35.4 Å². The quantitative estimate of drug-likeness (QED) is 0.785. The second-order valence-corrected chi connectivity index (χ2v) is 6.10. The molecular formula is C16H18N4S. The molecule has 108 valence electrons. The first kappa shape index (κ1) is 14.0. The Balaban J connectivity index is 1.92. The van der Waals surface area contributed by atoms with E-state index >= 15 is 0 Å². The molecule has 1 aromatic carbocycles. The second-order valence-electron chi connectivity index (χ2n) is 5.18. The van der Waals surface area contributed by atoms with Crippen LogP contribution in [0.2, 0.25) is 0 Å². The standard InChI is InChI=1S/C16H18N4S/c1-12(2)19-15(16-17-8-9-21-16)13-10-18-20(11-13)14-6-4-3-5-7-14/h3-12,15,19H,1-2H3. The van der Waals surface area contributed by atoms with Gasteiger partial charge in [0, 0.05) is 29.4 Å². The van der Waals surface area contributed by atoms with Gasteiger partial charge in [0.15, 0.2) is 0 Å². The van der Waals surface area contributed by atoms with Crippen molar-refractivity contribution in [1.29, 1.82) is 0 Å². The third-order valence-electron chi connectivity index (χ3n) is 3.16. The number of nitrogens with one attached hydrogen (secondary N) is 1. The molecule has 21 heavy (non-hydrogen) atoms. The molecular weight excluding hydrogens is 280 g/mol. The maximum Gasteiger partial charge on any atom is 0.114 e. The van der Waals surface area contributed by atoms with Crippen LogP contribution in [0, 0.1) is 0 Å². The number of hydrogen-bond acceptors (Lipinski definition) is 4. The highest BCUT2D eigenvalue weighted by molar-refractivity contribution is 7.09. The third-order valence-corrected chi connectivity index (χ3v) is 4.00. The maximum atomic E-state index is 4.48. The molecule has 0 aliphatic heterocycles. The largest absolute Gasteiger partial charge is 0.302 e. The van der Waals surface area contributed by atoms with Crippen LogP contribution in [0.25, 0.3) is 5.69 Å². The zero-order valence-electron chi connectivity index (χ0n) is 12.1. The summed E-state index contributed by atoms with van der Waals surface area (Å²) in [6.45, 7) is 4.28. The molecule has 1 N–H and O–H groups in total. The van der Waals surface area contributed by atoms with Crippen molar-refractivity contribution >= 4 is 11.3 Å². The van der Waals surface area contributed by atoms with E-state index in [0.717, 1.165) is 16.3 Å². The van der Waals surface area contributed by atoms with Gasteiger partial charge >= 0.3 is 0 Å². The number of hydrogen-bond donors (Lipinski definition) is 1. The minimum Gasteiger partial charge on any atom is -0.302 e. The van der Waals surface area contributed by atoms with Crippen LogP contribution in [-0.4, -0.2) is 20.8 Å². The minimum atomic E-state index is 0.0856. The van der Waals surface area contributed by atoms with Crippen molar-refractivity contribution < 1.29 is 0 Å². The molecule has 0 saturated carbocycles. The van der Waals surface area contributed by atoms with Gasteiger partial charge in [-0.05, 0) is 26.0 Å². The molecule has 0 spiro atoms. The van der Waals surface area contributed by atoms with E-state index in [1.807, 2.05) is 52.8 Å². The number of para-hydroxylation sites is 1. The van der Waals surface area contributed by atoms with Crippen molar-refractivity contribution in [3.05, 3.63) is 64.9 Å². The highest BCUT2D eigenvalue weighted by Gasteiger charge is 2.19. The number of nitrogens with zero attached hydrogens (tertiary/aromatic N) is 3. The lowest BCUT2D eigenvalue weighted by Crippen LogP contribution is -2.28. The number of rotatable bonds is 5. The topological polar surface area (TPSA) is 42.7 Å². The van der Waals surface area contributed by atoms with E-state index in [1.54, 1.807) is 11.3 Å². The van der Waals surface area contributed by atoms with Crippen LogP contribution in [-0.2, 0) is 0 Å². The Hall–Kier alpha value is -1.98. The number of aromatic nitrogens is 3. The van der Waals surface area contributed by atoms with Crippen LogP contribution in [0.4, 0.5) is 0 Å². The van der Waals surface area contributed by atoms with Gasteiger partial charge in [0.25, 0.3) is 0 Å². The van der Waals surface area contributed by atoms with E-state index in [1.165, 1.54) is 0 Å². The van der Waals surface area contributed by atoms with E-state index in [9.17, 15) is 0 Å². The lowest BCUT2D eigenvalue weighted by Gasteiger charge is -2.17. The molecule has 1 atom stereocenters. The van der Waals surface area contributed by atoms with Crippen molar-refractivity contribution in [2.75, 3.05) is 0 Å². The Morgan fingerprint density at radius 2 is 2.00 bits per heavy atom. The van der Waals surface area contributed by atoms with Crippen LogP contribution in [0.3, 0.4) is 0 Å². The van der Waals surface area contributed by atoms with Gasteiger partial charge in [0.2, 0.25) is 0 Å². The summed E-state index contributed by atoms with van der Waals surface area (Å²) >= 11 is 1.66.